The Balaban J connectivity index is 5.54. The molecule has 0 heterocycles. The number of hydrogen-bond donors (Lipinski definition) is 0. The van der Waals surface area contributed by atoms with Gasteiger partial charge in [0, 0.05) is 0 Å². The molecule has 0 amide bonds. The molecule has 0 aromatic rings. The molecule has 0 saturated carbocycles. The molecule has 0 fully saturated rings. The van der Waals surface area contributed by atoms with Gasteiger partial charge in [-0.25, -0.2) is 0 Å². The monoisotopic (exact) mass is 210 g/mol. The van der Waals surface area contributed by atoms with E-state index in [0.29, 0.717) is 0 Å². The average Bonchev–Trinajstić information content (AvgIpc) is 1.77. The molecule has 0 aromatic carbocycles. The van der Waals surface area contributed by atoms with E-state index in [2.05, 4.69) is 78.6 Å². The summed E-state index contributed by atoms with van der Waals surface area (Å²) in [5, 5.41) is 0. The molecule has 0 bridgehead atoms. The van der Waals surface area contributed by atoms with Crippen LogP contribution in [0.15, 0.2) is 0 Å². The van der Waals surface area contributed by atoms with Gasteiger partial charge in [-0.15, -0.1) is 0 Å². The van der Waals surface area contributed by atoms with Gasteiger partial charge in [0.1, 0.15) is 0 Å². The Morgan fingerprint density at radius 3 is 0.643 bits per heavy atom. The van der Waals surface area contributed by atoms with E-state index >= 15 is 0 Å². The minimum absolute atomic E-state index is 0.229. The molecule has 0 nitrogen and oxygen atoms in total. The van der Waals surface area contributed by atoms with Gasteiger partial charge in [0.25, 0.3) is 0 Å². The first-order chi connectivity index (χ1) is 5.75. The van der Waals surface area contributed by atoms with Crippen molar-refractivity contribution in [2.24, 2.45) is 16.2 Å². The van der Waals surface area contributed by atoms with Crippen LogP contribution in [0.2, 0.25) is 4.28 Å². The second kappa shape index (κ2) is 3.53. The third-order valence-electron chi connectivity index (χ3n) is 3.55. The Hall–Kier alpha value is 0.532. The molecule has 0 aliphatic carbocycles. The fourth-order valence-corrected chi connectivity index (χ4v) is 3.38. The third-order valence-corrected chi connectivity index (χ3v) is 6.15. The molecule has 0 radical (unpaired) electrons. The SMILES string of the molecule is CC(C)(C)[C]([Al+2])(C(C)(C)C)C(C)(C)C. The summed E-state index contributed by atoms with van der Waals surface area (Å²) < 4.78 is 0.229. The maximum absolute atomic E-state index is 3.15. The van der Waals surface area contributed by atoms with Gasteiger partial charge >= 0.3 is 99.1 Å². The first-order valence-electron chi connectivity index (χ1n) is 5.54. The van der Waals surface area contributed by atoms with Crippen molar-refractivity contribution >= 4 is 16.3 Å². The Bertz CT molecular complexity index is 159. The van der Waals surface area contributed by atoms with Gasteiger partial charge in [0.05, 0.1) is 0 Å². The van der Waals surface area contributed by atoms with Crippen molar-refractivity contribution in [2.45, 2.75) is 66.6 Å². The predicted molar refractivity (Wildman–Crippen MR) is 66.8 cm³/mol. The van der Waals surface area contributed by atoms with E-state index in [1.165, 1.54) is 0 Å². The van der Waals surface area contributed by atoms with Crippen LogP contribution in [-0.4, -0.2) is 16.3 Å². The first kappa shape index (κ1) is 14.5. The van der Waals surface area contributed by atoms with Crippen LogP contribution >= 0.6 is 0 Å². The molecule has 0 spiro atoms. The fraction of sp³-hybridized carbons (Fsp3) is 1.00. The van der Waals surface area contributed by atoms with Gasteiger partial charge in [-0.2, -0.15) is 0 Å². The van der Waals surface area contributed by atoms with E-state index in [4.69, 9.17) is 0 Å². The summed E-state index contributed by atoms with van der Waals surface area (Å²) in [4.78, 5) is 0. The van der Waals surface area contributed by atoms with Crippen molar-refractivity contribution in [2.75, 3.05) is 0 Å². The van der Waals surface area contributed by atoms with Crippen LogP contribution < -0.4 is 0 Å². The average molecular weight is 210 g/mol. The summed E-state index contributed by atoms with van der Waals surface area (Å²) in [6.45, 7) is 21.1. The van der Waals surface area contributed by atoms with E-state index in [-0.39, 0.29) is 20.5 Å². The van der Waals surface area contributed by atoms with Crippen LogP contribution in [-0.2, 0) is 0 Å². The second-order valence-electron chi connectivity index (χ2n) is 7.56. The number of hydrogen-bond acceptors (Lipinski definition) is 0. The van der Waals surface area contributed by atoms with Crippen LogP contribution in [0.25, 0.3) is 0 Å². The van der Waals surface area contributed by atoms with Crippen molar-refractivity contribution in [3.8, 4) is 0 Å². The zero-order chi connectivity index (χ0) is 12.0. The standard InChI is InChI=1S/C13H27.Al/c1-11(2,3)10(12(4,5)6)13(7,8)9;/h1-9H3;/q;+2. The number of rotatable bonds is 0. The van der Waals surface area contributed by atoms with Crippen molar-refractivity contribution in [3.63, 3.8) is 0 Å². The van der Waals surface area contributed by atoms with Crippen LogP contribution in [0.3, 0.4) is 0 Å². The Morgan fingerprint density at radius 2 is 0.643 bits per heavy atom. The van der Waals surface area contributed by atoms with E-state index in [0.717, 1.165) is 0 Å². The molecule has 0 aromatic heterocycles. The van der Waals surface area contributed by atoms with E-state index in [9.17, 15) is 0 Å². The molecular weight excluding hydrogens is 183 g/mol. The Labute approximate surface area is 99.3 Å². The van der Waals surface area contributed by atoms with Gasteiger partial charge in [0.2, 0.25) is 0 Å². The maximum atomic E-state index is 3.15. The quantitative estimate of drug-likeness (QED) is 0.518. The van der Waals surface area contributed by atoms with Gasteiger partial charge in [-0.1, -0.05) is 0 Å². The molecule has 0 rings (SSSR count). The van der Waals surface area contributed by atoms with Crippen molar-refractivity contribution in [1.82, 2.24) is 0 Å². The molecule has 1 heteroatoms. The van der Waals surface area contributed by atoms with E-state index in [1.807, 2.05) is 0 Å². The summed E-state index contributed by atoms with van der Waals surface area (Å²) in [6.07, 6.45) is 0. The molecule has 0 unspecified atom stereocenters. The summed E-state index contributed by atoms with van der Waals surface area (Å²) in [5.41, 5.74) is 0.858. The van der Waals surface area contributed by atoms with Crippen LogP contribution in [0.1, 0.15) is 62.3 Å². The second-order valence-corrected chi connectivity index (χ2v) is 8.42. The summed E-state index contributed by atoms with van der Waals surface area (Å²) in [6, 6.07) is 0. The minimum atomic E-state index is 0.229. The topological polar surface area (TPSA) is 0 Å². The molecule has 14 heavy (non-hydrogen) atoms. The molecule has 0 N–H and O–H groups in total. The Kier molecular flexibility index (Phi) is 3.67. The molecule has 80 valence electrons. The zero-order valence-corrected chi connectivity index (χ0v) is 12.7. The van der Waals surface area contributed by atoms with Crippen molar-refractivity contribution in [1.29, 1.82) is 0 Å². The molecule has 0 aliphatic rings. The molecule has 0 atom stereocenters. The zero-order valence-electron chi connectivity index (χ0n) is 11.6. The van der Waals surface area contributed by atoms with Crippen molar-refractivity contribution < 1.29 is 0 Å². The van der Waals surface area contributed by atoms with Crippen molar-refractivity contribution in [3.05, 3.63) is 0 Å². The van der Waals surface area contributed by atoms with E-state index < -0.39 is 0 Å². The summed E-state index contributed by atoms with van der Waals surface area (Å²) in [5.74, 6) is 0. The van der Waals surface area contributed by atoms with Crippen LogP contribution in [0.5, 0.6) is 0 Å². The summed E-state index contributed by atoms with van der Waals surface area (Å²) in [7, 11) is 0. The molecule has 0 saturated heterocycles. The van der Waals surface area contributed by atoms with Crippen LogP contribution in [0, 0.1) is 16.2 Å². The summed E-state index contributed by atoms with van der Waals surface area (Å²) >= 11 is 3.15. The van der Waals surface area contributed by atoms with Gasteiger partial charge in [-0.05, 0) is 0 Å². The Morgan fingerprint density at radius 1 is 0.500 bits per heavy atom. The third kappa shape index (κ3) is 2.20. The van der Waals surface area contributed by atoms with Gasteiger partial charge in [0.15, 0.2) is 0 Å². The molecule has 0 aliphatic heterocycles. The van der Waals surface area contributed by atoms with E-state index in [1.54, 1.807) is 0 Å². The molecular formula is C13H27Al+2. The van der Waals surface area contributed by atoms with Gasteiger partial charge in [-0.3, -0.25) is 0 Å². The van der Waals surface area contributed by atoms with Crippen LogP contribution in [0.4, 0.5) is 0 Å². The first-order valence-corrected chi connectivity index (χ1v) is 6.12. The fourth-order valence-electron chi connectivity index (χ4n) is 3.38. The predicted octanol–water partition coefficient (Wildman–Crippen LogP) is 4.45. The normalized spacial score (nSPS) is 15.9. The van der Waals surface area contributed by atoms with Gasteiger partial charge < -0.3 is 0 Å².